The standard InChI is InChI=1S/C24H21BrN2O3/c1-14-2-4-15(5-3-14)24-26-19(16-6-9-22-23(10-16)30-13-29-22)12-20(27-24)18-11-17(25)7-8-21(18)28/h2-12,20,24,26-28H,13H2,1H3. The van der Waals surface area contributed by atoms with Crippen molar-refractivity contribution in [3.05, 3.63) is 93.5 Å². The van der Waals surface area contributed by atoms with Gasteiger partial charge in [-0.15, -0.1) is 0 Å². The molecule has 0 amide bonds. The zero-order valence-corrected chi connectivity index (χ0v) is 17.9. The lowest BCUT2D eigenvalue weighted by Gasteiger charge is -2.33. The molecule has 5 nitrogen and oxygen atoms in total. The van der Waals surface area contributed by atoms with E-state index in [0.29, 0.717) is 0 Å². The van der Waals surface area contributed by atoms with Gasteiger partial charge < -0.3 is 19.9 Å². The Morgan fingerprint density at radius 1 is 0.967 bits per heavy atom. The van der Waals surface area contributed by atoms with Crippen LogP contribution in [0.2, 0.25) is 0 Å². The summed E-state index contributed by atoms with van der Waals surface area (Å²) in [7, 11) is 0. The first-order valence-electron chi connectivity index (χ1n) is 9.76. The van der Waals surface area contributed by atoms with Gasteiger partial charge in [-0.05, 0) is 55.0 Å². The van der Waals surface area contributed by atoms with Crippen LogP contribution in [0.5, 0.6) is 17.2 Å². The van der Waals surface area contributed by atoms with Crippen molar-refractivity contribution < 1.29 is 14.6 Å². The molecule has 0 bridgehead atoms. The molecule has 30 heavy (non-hydrogen) atoms. The Bertz CT molecular complexity index is 1130. The number of hydrogen-bond acceptors (Lipinski definition) is 5. The van der Waals surface area contributed by atoms with E-state index < -0.39 is 0 Å². The Labute approximate surface area is 183 Å². The number of phenols is 1. The highest BCUT2D eigenvalue weighted by molar-refractivity contribution is 9.10. The van der Waals surface area contributed by atoms with Gasteiger partial charge in [-0.2, -0.15) is 0 Å². The monoisotopic (exact) mass is 464 g/mol. The van der Waals surface area contributed by atoms with Crippen LogP contribution in [0.1, 0.15) is 34.5 Å². The number of hydrogen-bond donors (Lipinski definition) is 3. The fourth-order valence-corrected chi connectivity index (χ4v) is 4.15. The third-order valence-corrected chi connectivity index (χ3v) is 5.89. The maximum Gasteiger partial charge on any atom is 0.231 e. The van der Waals surface area contributed by atoms with E-state index in [2.05, 4.69) is 63.8 Å². The highest BCUT2D eigenvalue weighted by Gasteiger charge is 2.26. The van der Waals surface area contributed by atoms with Gasteiger partial charge in [-0.3, -0.25) is 5.32 Å². The van der Waals surface area contributed by atoms with Crippen LogP contribution in [0.15, 0.2) is 71.2 Å². The van der Waals surface area contributed by atoms with Crippen molar-refractivity contribution in [2.75, 3.05) is 6.79 Å². The van der Waals surface area contributed by atoms with Crippen LogP contribution in [0.25, 0.3) is 5.70 Å². The van der Waals surface area contributed by atoms with Crippen molar-refractivity contribution >= 4 is 21.6 Å². The van der Waals surface area contributed by atoms with Gasteiger partial charge in [0.2, 0.25) is 6.79 Å². The predicted octanol–water partition coefficient (Wildman–Crippen LogP) is 5.17. The van der Waals surface area contributed by atoms with E-state index in [1.807, 2.05) is 30.3 Å². The Balaban J connectivity index is 1.57. The van der Waals surface area contributed by atoms with Gasteiger partial charge >= 0.3 is 0 Å². The van der Waals surface area contributed by atoms with Crippen molar-refractivity contribution in [3.8, 4) is 17.2 Å². The normalized spacial score (nSPS) is 19.9. The number of aryl methyl sites for hydroxylation is 1. The molecule has 152 valence electrons. The van der Waals surface area contributed by atoms with Crippen LogP contribution in [0, 0.1) is 6.92 Å². The minimum absolute atomic E-state index is 0.126. The molecule has 0 saturated heterocycles. The molecule has 2 aliphatic heterocycles. The van der Waals surface area contributed by atoms with E-state index in [0.717, 1.165) is 38.4 Å². The lowest BCUT2D eigenvalue weighted by atomic mass is 9.97. The number of nitrogens with one attached hydrogen (secondary N) is 2. The lowest BCUT2D eigenvalue weighted by Crippen LogP contribution is -2.39. The van der Waals surface area contributed by atoms with Gasteiger partial charge in [-0.25, -0.2) is 0 Å². The van der Waals surface area contributed by atoms with Gasteiger partial charge in [-0.1, -0.05) is 45.8 Å². The first kappa shape index (κ1) is 19.0. The fourth-order valence-electron chi connectivity index (χ4n) is 3.78. The summed E-state index contributed by atoms with van der Waals surface area (Å²) in [5.74, 6) is 1.74. The fraction of sp³-hybridized carbons (Fsp3) is 0.167. The Morgan fingerprint density at radius 2 is 1.77 bits per heavy atom. The number of fused-ring (bicyclic) bond motifs is 1. The molecule has 0 fully saturated rings. The molecule has 0 saturated carbocycles. The number of rotatable bonds is 3. The minimum atomic E-state index is -0.185. The average molecular weight is 465 g/mol. The van der Waals surface area contributed by atoms with Crippen LogP contribution >= 0.6 is 15.9 Å². The van der Waals surface area contributed by atoms with E-state index in [-0.39, 0.29) is 24.8 Å². The molecule has 0 aliphatic carbocycles. The molecule has 2 unspecified atom stereocenters. The highest BCUT2D eigenvalue weighted by atomic mass is 79.9. The number of benzene rings is 3. The Hall–Kier alpha value is -2.96. The van der Waals surface area contributed by atoms with Gasteiger partial charge in [0.1, 0.15) is 11.9 Å². The van der Waals surface area contributed by atoms with Crippen LogP contribution in [-0.2, 0) is 0 Å². The number of aromatic hydroxyl groups is 1. The first-order chi connectivity index (χ1) is 14.6. The minimum Gasteiger partial charge on any atom is -0.508 e. The molecule has 2 aliphatic rings. The summed E-state index contributed by atoms with van der Waals surface area (Å²) in [6.45, 7) is 2.32. The largest absolute Gasteiger partial charge is 0.508 e. The van der Waals surface area contributed by atoms with E-state index in [1.165, 1.54) is 5.56 Å². The lowest BCUT2D eigenvalue weighted by molar-refractivity contribution is 0.174. The molecule has 2 heterocycles. The summed E-state index contributed by atoms with van der Waals surface area (Å²) < 4.78 is 11.9. The zero-order valence-electron chi connectivity index (χ0n) is 16.4. The topological polar surface area (TPSA) is 62.8 Å². The SMILES string of the molecule is Cc1ccc(C2NC(c3ccc4c(c3)OCO4)=CC(c3cc(Br)ccc3O)N2)cc1. The molecule has 5 rings (SSSR count). The summed E-state index contributed by atoms with van der Waals surface area (Å²) in [6.07, 6.45) is 1.96. The molecule has 3 N–H and O–H groups in total. The molecule has 0 aromatic heterocycles. The summed E-state index contributed by atoms with van der Waals surface area (Å²) in [5, 5.41) is 17.7. The number of ether oxygens (including phenoxy) is 2. The molecule has 3 aromatic rings. The highest BCUT2D eigenvalue weighted by Crippen LogP contribution is 2.38. The third-order valence-electron chi connectivity index (χ3n) is 5.40. The van der Waals surface area contributed by atoms with Crippen molar-refractivity contribution in [1.29, 1.82) is 0 Å². The van der Waals surface area contributed by atoms with Crippen molar-refractivity contribution in [3.63, 3.8) is 0 Å². The van der Waals surface area contributed by atoms with Crippen molar-refractivity contribution in [2.24, 2.45) is 0 Å². The summed E-state index contributed by atoms with van der Waals surface area (Å²) >= 11 is 3.52. The van der Waals surface area contributed by atoms with Crippen molar-refractivity contribution in [1.82, 2.24) is 10.6 Å². The molecule has 0 radical (unpaired) electrons. The third kappa shape index (κ3) is 3.64. The van der Waals surface area contributed by atoms with E-state index in [9.17, 15) is 5.11 Å². The molecule has 0 spiro atoms. The summed E-state index contributed by atoms with van der Waals surface area (Å²) in [4.78, 5) is 0. The maximum absolute atomic E-state index is 10.5. The summed E-state index contributed by atoms with van der Waals surface area (Å²) in [6, 6.07) is 19.6. The predicted molar refractivity (Wildman–Crippen MR) is 119 cm³/mol. The zero-order chi connectivity index (χ0) is 20.7. The quantitative estimate of drug-likeness (QED) is 0.499. The van der Waals surface area contributed by atoms with Gasteiger partial charge in [0.25, 0.3) is 0 Å². The Kier molecular flexibility index (Phi) is 4.89. The number of phenolic OH excluding ortho intramolecular Hbond substituents is 1. The van der Waals surface area contributed by atoms with E-state index in [1.54, 1.807) is 6.07 Å². The maximum atomic E-state index is 10.5. The molecule has 2 atom stereocenters. The molecular formula is C24H21BrN2O3. The molecule has 3 aromatic carbocycles. The second-order valence-corrected chi connectivity index (χ2v) is 8.40. The van der Waals surface area contributed by atoms with Crippen LogP contribution in [0.4, 0.5) is 0 Å². The second kappa shape index (κ2) is 7.70. The van der Waals surface area contributed by atoms with E-state index >= 15 is 0 Å². The first-order valence-corrected chi connectivity index (χ1v) is 10.6. The number of halogens is 1. The van der Waals surface area contributed by atoms with Crippen LogP contribution in [0.3, 0.4) is 0 Å². The second-order valence-electron chi connectivity index (χ2n) is 7.48. The Morgan fingerprint density at radius 3 is 2.60 bits per heavy atom. The smallest absolute Gasteiger partial charge is 0.231 e. The molecule has 6 heteroatoms. The van der Waals surface area contributed by atoms with Gasteiger partial charge in [0.15, 0.2) is 11.5 Å². The van der Waals surface area contributed by atoms with Gasteiger partial charge in [0.05, 0.1) is 6.04 Å². The summed E-state index contributed by atoms with van der Waals surface area (Å²) in [5.41, 5.74) is 5.09. The van der Waals surface area contributed by atoms with Crippen molar-refractivity contribution in [2.45, 2.75) is 19.1 Å². The molecular weight excluding hydrogens is 444 g/mol. The van der Waals surface area contributed by atoms with Crippen LogP contribution < -0.4 is 20.1 Å². The van der Waals surface area contributed by atoms with Crippen LogP contribution in [-0.4, -0.2) is 11.9 Å². The average Bonchev–Trinajstić information content (AvgIpc) is 3.23. The van der Waals surface area contributed by atoms with Gasteiger partial charge in [0, 0.05) is 21.3 Å². The van der Waals surface area contributed by atoms with E-state index in [4.69, 9.17) is 9.47 Å².